The molecule has 2 heterocycles. The highest BCUT2D eigenvalue weighted by Crippen LogP contribution is 2.22. The molecular formula is C18H20N2O2S2. The third kappa shape index (κ3) is 3.65. The third-order valence-corrected chi connectivity index (χ3v) is 5.71. The van der Waals surface area contributed by atoms with E-state index in [-0.39, 0.29) is 5.56 Å². The quantitative estimate of drug-likeness (QED) is 0.376. The summed E-state index contributed by atoms with van der Waals surface area (Å²) in [6.07, 6.45) is 0.899. The van der Waals surface area contributed by atoms with Crippen molar-refractivity contribution in [2.24, 2.45) is 7.05 Å². The molecule has 24 heavy (non-hydrogen) atoms. The summed E-state index contributed by atoms with van der Waals surface area (Å²) in [6, 6.07) is 8.07. The Bertz CT molecular complexity index is 915. The van der Waals surface area contributed by atoms with Gasteiger partial charge in [0.25, 0.3) is 5.56 Å². The number of thiophene rings is 1. The van der Waals surface area contributed by atoms with Crippen molar-refractivity contribution < 1.29 is 4.74 Å². The molecule has 0 aliphatic heterocycles. The van der Waals surface area contributed by atoms with Crippen LogP contribution in [0.5, 0.6) is 5.75 Å². The highest BCUT2D eigenvalue weighted by molar-refractivity contribution is 7.99. The largest absolute Gasteiger partial charge is 0.493 e. The number of thioether (sulfide) groups is 1. The third-order valence-electron chi connectivity index (χ3n) is 3.79. The zero-order valence-electron chi connectivity index (χ0n) is 14.0. The van der Waals surface area contributed by atoms with Crippen molar-refractivity contribution in [1.82, 2.24) is 9.55 Å². The Morgan fingerprint density at radius 2 is 2.12 bits per heavy atom. The van der Waals surface area contributed by atoms with Crippen LogP contribution in [-0.2, 0) is 7.05 Å². The maximum Gasteiger partial charge on any atom is 0.262 e. The van der Waals surface area contributed by atoms with Crippen molar-refractivity contribution >= 4 is 33.3 Å². The van der Waals surface area contributed by atoms with Gasteiger partial charge in [-0.2, -0.15) is 0 Å². The fourth-order valence-corrected chi connectivity index (χ4v) is 4.07. The predicted molar refractivity (Wildman–Crippen MR) is 102 cm³/mol. The molecule has 0 N–H and O–H groups in total. The van der Waals surface area contributed by atoms with E-state index in [1.54, 1.807) is 23.4 Å². The second-order valence-corrected chi connectivity index (χ2v) is 7.67. The van der Waals surface area contributed by atoms with Crippen molar-refractivity contribution in [1.29, 1.82) is 0 Å². The number of nitrogens with zero attached hydrogens (tertiary/aromatic N) is 2. The van der Waals surface area contributed by atoms with Crippen LogP contribution in [0.3, 0.4) is 0 Å². The first kappa shape index (κ1) is 17.0. The molecule has 0 bridgehead atoms. The lowest BCUT2D eigenvalue weighted by atomic mass is 10.1. The van der Waals surface area contributed by atoms with Crippen LogP contribution in [0.25, 0.3) is 10.2 Å². The second-order valence-electron chi connectivity index (χ2n) is 5.72. The molecule has 0 saturated heterocycles. The van der Waals surface area contributed by atoms with E-state index < -0.39 is 0 Å². The predicted octanol–water partition coefficient (Wildman–Crippen LogP) is 4.17. The van der Waals surface area contributed by atoms with Gasteiger partial charge in [0.05, 0.1) is 12.0 Å². The Labute approximate surface area is 149 Å². The lowest BCUT2D eigenvalue weighted by Gasteiger charge is -2.10. The minimum Gasteiger partial charge on any atom is -0.493 e. The average molecular weight is 361 g/mol. The number of hydrogen-bond donors (Lipinski definition) is 0. The first-order chi connectivity index (χ1) is 11.6. The molecule has 6 heteroatoms. The monoisotopic (exact) mass is 360 g/mol. The molecule has 126 valence electrons. The summed E-state index contributed by atoms with van der Waals surface area (Å²) in [5.41, 5.74) is 2.38. The minimum atomic E-state index is 0.0235. The van der Waals surface area contributed by atoms with Crippen molar-refractivity contribution in [2.45, 2.75) is 25.4 Å². The lowest BCUT2D eigenvalue weighted by Crippen LogP contribution is -2.19. The Balaban J connectivity index is 1.56. The van der Waals surface area contributed by atoms with Crippen LogP contribution in [0.15, 0.2) is 39.6 Å². The van der Waals surface area contributed by atoms with Crippen molar-refractivity contribution in [3.05, 3.63) is 51.1 Å². The van der Waals surface area contributed by atoms with Crippen LogP contribution in [0, 0.1) is 13.8 Å². The Morgan fingerprint density at radius 1 is 1.29 bits per heavy atom. The highest BCUT2D eigenvalue weighted by Gasteiger charge is 2.09. The minimum absolute atomic E-state index is 0.0235. The number of hydrogen-bond acceptors (Lipinski definition) is 5. The van der Waals surface area contributed by atoms with Gasteiger partial charge in [-0.1, -0.05) is 23.9 Å². The molecular weight excluding hydrogens is 340 g/mol. The van der Waals surface area contributed by atoms with E-state index in [0.29, 0.717) is 12.0 Å². The topological polar surface area (TPSA) is 44.1 Å². The summed E-state index contributed by atoms with van der Waals surface area (Å²) >= 11 is 3.11. The molecule has 0 radical (unpaired) electrons. The molecule has 0 spiro atoms. The maximum absolute atomic E-state index is 12.2. The average Bonchev–Trinajstić information content (AvgIpc) is 3.03. The smallest absolute Gasteiger partial charge is 0.262 e. The van der Waals surface area contributed by atoms with Crippen molar-refractivity contribution in [3.63, 3.8) is 0 Å². The standard InChI is InChI=1S/C18H20N2O2S2/c1-12-5-6-13(2)15(11-12)22-8-4-9-24-18-19-16-14(7-10-23-16)17(21)20(18)3/h5-7,10-11H,4,8-9H2,1-3H3. The molecule has 0 saturated carbocycles. The summed E-state index contributed by atoms with van der Waals surface area (Å²) in [6.45, 7) is 4.78. The van der Waals surface area contributed by atoms with Gasteiger partial charge in [-0.25, -0.2) is 4.98 Å². The number of fused-ring (bicyclic) bond motifs is 1. The van der Waals surface area contributed by atoms with Crippen LogP contribution in [0.4, 0.5) is 0 Å². The SMILES string of the molecule is Cc1ccc(C)c(OCCCSc2nc3sccc3c(=O)n2C)c1. The van der Waals surface area contributed by atoms with E-state index in [0.717, 1.165) is 33.5 Å². The van der Waals surface area contributed by atoms with Gasteiger partial charge in [-0.05, 0) is 48.9 Å². The summed E-state index contributed by atoms with van der Waals surface area (Å²) in [5.74, 6) is 1.81. The maximum atomic E-state index is 12.2. The van der Waals surface area contributed by atoms with Gasteiger partial charge >= 0.3 is 0 Å². The van der Waals surface area contributed by atoms with Crippen LogP contribution >= 0.6 is 23.1 Å². The number of ether oxygens (including phenoxy) is 1. The molecule has 0 fully saturated rings. The number of rotatable bonds is 6. The number of aryl methyl sites for hydroxylation is 2. The highest BCUT2D eigenvalue weighted by atomic mass is 32.2. The fraction of sp³-hybridized carbons (Fsp3) is 0.333. The van der Waals surface area contributed by atoms with Gasteiger partial charge in [-0.15, -0.1) is 11.3 Å². The molecule has 1 aromatic carbocycles. The lowest BCUT2D eigenvalue weighted by molar-refractivity contribution is 0.316. The van der Waals surface area contributed by atoms with Gasteiger partial charge in [-0.3, -0.25) is 9.36 Å². The Hall–Kier alpha value is -1.79. The molecule has 0 unspecified atom stereocenters. The molecule has 0 atom stereocenters. The number of aromatic nitrogens is 2. The fourth-order valence-electron chi connectivity index (χ4n) is 2.38. The zero-order chi connectivity index (χ0) is 17.1. The first-order valence-corrected chi connectivity index (χ1v) is 9.70. The van der Waals surface area contributed by atoms with E-state index in [1.165, 1.54) is 16.9 Å². The van der Waals surface area contributed by atoms with E-state index in [9.17, 15) is 4.79 Å². The van der Waals surface area contributed by atoms with Crippen molar-refractivity contribution in [2.75, 3.05) is 12.4 Å². The van der Waals surface area contributed by atoms with E-state index >= 15 is 0 Å². The second kappa shape index (κ2) is 7.40. The first-order valence-electron chi connectivity index (χ1n) is 7.83. The van der Waals surface area contributed by atoms with Crippen LogP contribution < -0.4 is 10.3 Å². The molecule has 2 aromatic heterocycles. The summed E-state index contributed by atoms with van der Waals surface area (Å²) < 4.78 is 7.50. The number of benzene rings is 1. The van der Waals surface area contributed by atoms with Crippen LogP contribution in [0.2, 0.25) is 0 Å². The summed E-state index contributed by atoms with van der Waals surface area (Å²) in [5, 5.41) is 3.37. The molecule has 0 aliphatic carbocycles. The van der Waals surface area contributed by atoms with Gasteiger partial charge < -0.3 is 4.74 Å². The zero-order valence-corrected chi connectivity index (χ0v) is 15.7. The molecule has 0 amide bonds. The Kier molecular flexibility index (Phi) is 5.26. The summed E-state index contributed by atoms with van der Waals surface area (Å²) in [7, 11) is 1.78. The van der Waals surface area contributed by atoms with Gasteiger partial charge in [0.2, 0.25) is 0 Å². The van der Waals surface area contributed by atoms with Gasteiger partial charge in [0.1, 0.15) is 10.6 Å². The van der Waals surface area contributed by atoms with Crippen LogP contribution in [-0.4, -0.2) is 21.9 Å². The van der Waals surface area contributed by atoms with Gasteiger partial charge in [0.15, 0.2) is 5.16 Å². The van der Waals surface area contributed by atoms with E-state index in [1.807, 2.05) is 11.4 Å². The van der Waals surface area contributed by atoms with E-state index in [2.05, 4.69) is 37.0 Å². The van der Waals surface area contributed by atoms with Gasteiger partial charge in [0, 0.05) is 12.8 Å². The molecule has 0 aliphatic rings. The summed E-state index contributed by atoms with van der Waals surface area (Å²) in [4.78, 5) is 17.6. The molecule has 3 rings (SSSR count). The molecule has 4 nitrogen and oxygen atoms in total. The normalized spacial score (nSPS) is 11.1. The van der Waals surface area contributed by atoms with Crippen LogP contribution in [0.1, 0.15) is 17.5 Å². The molecule has 3 aromatic rings. The van der Waals surface area contributed by atoms with Crippen molar-refractivity contribution in [3.8, 4) is 5.75 Å². The Morgan fingerprint density at radius 3 is 2.96 bits per heavy atom. The van der Waals surface area contributed by atoms with E-state index in [4.69, 9.17) is 4.74 Å².